The summed E-state index contributed by atoms with van der Waals surface area (Å²) >= 11 is 0. The molecule has 1 N–H and O–H groups in total. The Bertz CT molecular complexity index is 499. The predicted molar refractivity (Wildman–Crippen MR) is 72.3 cm³/mol. The number of nitrogens with one attached hydrogen (secondary N) is 1. The molecule has 0 bridgehead atoms. The molecule has 2 nitrogen and oxygen atoms in total. The van der Waals surface area contributed by atoms with E-state index in [1.54, 1.807) is 0 Å². The quantitative estimate of drug-likeness (QED) is 0.792. The van der Waals surface area contributed by atoms with Crippen molar-refractivity contribution in [1.29, 1.82) is 0 Å². The van der Waals surface area contributed by atoms with Crippen molar-refractivity contribution < 1.29 is 4.42 Å². The predicted octanol–water partition coefficient (Wildman–Crippen LogP) is 3.80. The van der Waals surface area contributed by atoms with Crippen LogP contribution in [0.1, 0.15) is 37.2 Å². The third-order valence-electron chi connectivity index (χ3n) is 3.22. The van der Waals surface area contributed by atoms with Crippen LogP contribution in [0.15, 0.2) is 22.6 Å². The number of hydrogen-bond acceptors (Lipinski definition) is 2. The first kappa shape index (κ1) is 12.2. The van der Waals surface area contributed by atoms with E-state index < -0.39 is 0 Å². The van der Waals surface area contributed by atoms with Gasteiger partial charge in [0.25, 0.3) is 0 Å². The summed E-state index contributed by atoms with van der Waals surface area (Å²) in [7, 11) is 0. The van der Waals surface area contributed by atoms with E-state index >= 15 is 0 Å². The fourth-order valence-corrected chi connectivity index (χ4v) is 2.09. The number of aryl methyl sites for hydroxylation is 2. The second kappa shape index (κ2) is 5.37. The molecule has 17 heavy (non-hydrogen) atoms. The van der Waals surface area contributed by atoms with Gasteiger partial charge in [0.2, 0.25) is 0 Å². The van der Waals surface area contributed by atoms with Gasteiger partial charge >= 0.3 is 0 Å². The normalized spacial score (nSPS) is 11.2. The maximum Gasteiger partial charge on any atom is 0.134 e. The molecule has 1 heterocycles. The lowest BCUT2D eigenvalue weighted by atomic mass is 10.1. The van der Waals surface area contributed by atoms with E-state index in [0.717, 1.165) is 37.3 Å². The Morgan fingerprint density at radius 3 is 2.76 bits per heavy atom. The van der Waals surface area contributed by atoms with E-state index in [-0.39, 0.29) is 0 Å². The monoisotopic (exact) mass is 231 g/mol. The highest BCUT2D eigenvalue weighted by Crippen LogP contribution is 2.26. The Hall–Kier alpha value is -1.28. The van der Waals surface area contributed by atoms with Crippen LogP contribution in [0.2, 0.25) is 0 Å². The first-order valence-electron chi connectivity index (χ1n) is 6.47. The van der Waals surface area contributed by atoms with Gasteiger partial charge in [0.1, 0.15) is 11.3 Å². The van der Waals surface area contributed by atoms with Crippen molar-refractivity contribution in [2.45, 2.75) is 40.2 Å². The van der Waals surface area contributed by atoms with Crippen LogP contribution in [-0.2, 0) is 13.0 Å². The Labute approximate surface area is 103 Å². The molecule has 0 unspecified atom stereocenters. The first-order chi connectivity index (χ1) is 8.26. The Morgan fingerprint density at radius 1 is 1.24 bits per heavy atom. The van der Waals surface area contributed by atoms with Gasteiger partial charge in [-0.05, 0) is 49.6 Å². The van der Waals surface area contributed by atoms with E-state index in [1.807, 2.05) is 0 Å². The molecule has 2 aromatic rings. The standard InChI is InChI=1S/C15H21NO/c1-4-8-16-10-15-11(3)13-9-12(5-2)6-7-14(13)17-15/h6-7,9,16H,4-5,8,10H2,1-3H3. The summed E-state index contributed by atoms with van der Waals surface area (Å²) in [6.07, 6.45) is 2.23. The van der Waals surface area contributed by atoms with Crippen molar-refractivity contribution in [3.8, 4) is 0 Å². The molecule has 0 fully saturated rings. The second-order valence-electron chi connectivity index (χ2n) is 4.51. The fourth-order valence-electron chi connectivity index (χ4n) is 2.09. The molecule has 0 aliphatic carbocycles. The van der Waals surface area contributed by atoms with Crippen LogP contribution in [0.25, 0.3) is 11.0 Å². The average Bonchev–Trinajstić information content (AvgIpc) is 2.66. The minimum atomic E-state index is 0.829. The lowest BCUT2D eigenvalue weighted by molar-refractivity contribution is 0.510. The zero-order valence-corrected chi connectivity index (χ0v) is 11.0. The lowest BCUT2D eigenvalue weighted by Crippen LogP contribution is -2.13. The highest BCUT2D eigenvalue weighted by molar-refractivity contribution is 5.82. The molecule has 92 valence electrons. The van der Waals surface area contributed by atoms with Crippen LogP contribution < -0.4 is 5.32 Å². The molecule has 0 radical (unpaired) electrons. The van der Waals surface area contributed by atoms with Gasteiger partial charge in [0, 0.05) is 5.39 Å². The van der Waals surface area contributed by atoms with Gasteiger partial charge in [-0.25, -0.2) is 0 Å². The molecular weight excluding hydrogens is 210 g/mol. The van der Waals surface area contributed by atoms with Crippen LogP contribution in [0.4, 0.5) is 0 Å². The second-order valence-corrected chi connectivity index (χ2v) is 4.51. The molecule has 0 aliphatic heterocycles. The van der Waals surface area contributed by atoms with Crippen LogP contribution in [0, 0.1) is 6.92 Å². The number of fused-ring (bicyclic) bond motifs is 1. The minimum absolute atomic E-state index is 0.829. The first-order valence-corrected chi connectivity index (χ1v) is 6.47. The molecule has 1 aromatic heterocycles. The van der Waals surface area contributed by atoms with Crippen molar-refractivity contribution in [3.05, 3.63) is 35.1 Å². The van der Waals surface area contributed by atoms with Gasteiger partial charge in [-0.15, -0.1) is 0 Å². The number of hydrogen-bond donors (Lipinski definition) is 1. The Balaban J connectivity index is 2.29. The van der Waals surface area contributed by atoms with Gasteiger partial charge in [-0.1, -0.05) is 19.9 Å². The number of rotatable bonds is 5. The third-order valence-corrected chi connectivity index (χ3v) is 3.22. The smallest absolute Gasteiger partial charge is 0.134 e. The van der Waals surface area contributed by atoms with E-state index in [2.05, 4.69) is 44.3 Å². The molecule has 0 saturated carbocycles. The minimum Gasteiger partial charge on any atom is -0.459 e. The lowest BCUT2D eigenvalue weighted by Gasteiger charge is -2.00. The van der Waals surface area contributed by atoms with Crippen molar-refractivity contribution in [2.75, 3.05) is 6.54 Å². The summed E-state index contributed by atoms with van der Waals surface area (Å²) in [5.74, 6) is 1.07. The summed E-state index contributed by atoms with van der Waals surface area (Å²) in [6.45, 7) is 8.37. The molecule has 0 aliphatic rings. The average molecular weight is 231 g/mol. The molecule has 2 heteroatoms. The summed E-state index contributed by atoms with van der Waals surface area (Å²) in [5, 5.41) is 4.65. The van der Waals surface area contributed by atoms with Crippen molar-refractivity contribution in [2.24, 2.45) is 0 Å². The zero-order valence-electron chi connectivity index (χ0n) is 11.0. The number of benzene rings is 1. The Kier molecular flexibility index (Phi) is 3.85. The van der Waals surface area contributed by atoms with Gasteiger partial charge in [-0.2, -0.15) is 0 Å². The summed E-state index contributed by atoms with van der Waals surface area (Å²) in [6, 6.07) is 6.48. The van der Waals surface area contributed by atoms with Crippen LogP contribution in [0.5, 0.6) is 0 Å². The summed E-state index contributed by atoms with van der Waals surface area (Å²) in [5.41, 5.74) is 3.65. The number of furan rings is 1. The fraction of sp³-hybridized carbons (Fsp3) is 0.467. The van der Waals surface area contributed by atoms with Crippen LogP contribution in [0.3, 0.4) is 0 Å². The van der Waals surface area contributed by atoms with Crippen molar-refractivity contribution in [3.63, 3.8) is 0 Å². The maximum absolute atomic E-state index is 5.88. The van der Waals surface area contributed by atoms with Gasteiger partial charge in [0.05, 0.1) is 6.54 Å². The molecule has 0 spiro atoms. The molecule has 2 rings (SSSR count). The topological polar surface area (TPSA) is 25.2 Å². The third kappa shape index (κ3) is 2.52. The Morgan fingerprint density at radius 2 is 2.06 bits per heavy atom. The van der Waals surface area contributed by atoms with Crippen molar-refractivity contribution in [1.82, 2.24) is 5.32 Å². The summed E-state index contributed by atoms with van der Waals surface area (Å²) in [4.78, 5) is 0. The van der Waals surface area contributed by atoms with Gasteiger partial charge in [-0.3, -0.25) is 0 Å². The zero-order chi connectivity index (χ0) is 12.3. The van der Waals surface area contributed by atoms with E-state index in [0.29, 0.717) is 0 Å². The van der Waals surface area contributed by atoms with E-state index in [1.165, 1.54) is 16.5 Å². The van der Waals surface area contributed by atoms with Crippen LogP contribution >= 0.6 is 0 Å². The van der Waals surface area contributed by atoms with Gasteiger partial charge in [0.15, 0.2) is 0 Å². The highest BCUT2D eigenvalue weighted by Gasteiger charge is 2.09. The largest absolute Gasteiger partial charge is 0.459 e. The molecule has 0 amide bonds. The molecular formula is C15H21NO. The highest BCUT2D eigenvalue weighted by atomic mass is 16.3. The van der Waals surface area contributed by atoms with Crippen molar-refractivity contribution >= 4 is 11.0 Å². The molecule has 1 aromatic carbocycles. The van der Waals surface area contributed by atoms with E-state index in [4.69, 9.17) is 4.42 Å². The molecule has 0 atom stereocenters. The van der Waals surface area contributed by atoms with Crippen LogP contribution in [-0.4, -0.2) is 6.54 Å². The summed E-state index contributed by atoms with van der Waals surface area (Å²) < 4.78 is 5.88. The molecule has 0 saturated heterocycles. The maximum atomic E-state index is 5.88. The SMILES string of the molecule is CCCNCc1oc2ccc(CC)cc2c1C. The van der Waals surface area contributed by atoms with Gasteiger partial charge < -0.3 is 9.73 Å². The van der Waals surface area contributed by atoms with E-state index in [9.17, 15) is 0 Å².